The van der Waals surface area contributed by atoms with Crippen LogP contribution in [-0.4, -0.2) is 18.1 Å². The Labute approximate surface area is 59.0 Å². The molecule has 0 bridgehead atoms. The first-order chi connectivity index (χ1) is 4.39. The highest BCUT2D eigenvalue weighted by Crippen LogP contribution is 2.28. The van der Waals surface area contributed by atoms with Crippen molar-refractivity contribution in [2.45, 2.75) is 6.18 Å². The molecule has 0 radical (unpaired) electrons. The van der Waals surface area contributed by atoms with E-state index in [0.29, 0.717) is 0 Å². The molecule has 0 aliphatic carbocycles. The first-order valence-electron chi connectivity index (χ1n) is 2.21. The maximum Gasteiger partial charge on any atom is 0.402 e. The van der Waals surface area contributed by atoms with Gasteiger partial charge in [-0.15, -0.1) is 0 Å². The van der Waals surface area contributed by atoms with Gasteiger partial charge in [0.25, 0.3) is 0 Å². The lowest BCUT2D eigenvalue weighted by Gasteiger charge is -2.11. The summed E-state index contributed by atoms with van der Waals surface area (Å²) in [5, 5.41) is -1.71. The Hall–Kier alpha value is -0.320. The maximum absolute atomic E-state index is 11.4. The predicted octanol–water partition coefficient (Wildman–Crippen LogP) is 1.90. The lowest BCUT2D eigenvalue weighted by atomic mass is 10.2. The second-order valence-corrected chi connectivity index (χ2v) is 1.93. The number of carbonyl (C=O) groups excluding carboxylic acids is 1. The van der Waals surface area contributed by atoms with E-state index < -0.39 is 24.0 Å². The van der Waals surface area contributed by atoms with E-state index in [1.165, 1.54) is 0 Å². The fourth-order valence-electron chi connectivity index (χ4n) is 0.277. The zero-order chi connectivity index (χ0) is 8.36. The molecule has 0 aromatic heterocycles. The van der Waals surface area contributed by atoms with Gasteiger partial charge in [-0.2, -0.15) is 13.2 Å². The number of alkyl halides is 4. The van der Waals surface area contributed by atoms with Gasteiger partial charge in [-0.1, -0.05) is 0 Å². The molecule has 0 aromatic rings. The van der Waals surface area contributed by atoms with Crippen LogP contribution in [0.5, 0.6) is 0 Å². The molecule has 0 saturated carbocycles. The van der Waals surface area contributed by atoms with Crippen molar-refractivity contribution in [1.29, 1.82) is 0 Å². The molecule has 1 unspecified atom stereocenters. The lowest BCUT2D eigenvalue weighted by molar-refractivity contribution is -0.179. The minimum atomic E-state index is -4.87. The molecule has 1 nitrogen and oxygen atoms in total. The highest BCUT2D eigenvalue weighted by atomic mass is 35.5. The Morgan fingerprint density at radius 3 is 1.90 bits per heavy atom. The number of carbonyl (C=O) groups is 1. The molecule has 0 fully saturated rings. The van der Waals surface area contributed by atoms with Crippen molar-refractivity contribution in [3.8, 4) is 0 Å². The summed E-state index contributed by atoms with van der Waals surface area (Å²) in [5.74, 6) is -2.67. The third-order valence-electron chi connectivity index (χ3n) is 0.823. The minimum absolute atomic E-state index is 1.71. The number of rotatable bonds is 2. The van der Waals surface area contributed by atoms with Gasteiger partial charge in [0.1, 0.15) is 6.67 Å². The van der Waals surface area contributed by atoms with Crippen molar-refractivity contribution >= 4 is 16.8 Å². The van der Waals surface area contributed by atoms with E-state index >= 15 is 0 Å². The molecular weight excluding hydrogens is 175 g/mol. The molecule has 10 heavy (non-hydrogen) atoms. The summed E-state index contributed by atoms with van der Waals surface area (Å²) in [6.07, 6.45) is -4.87. The van der Waals surface area contributed by atoms with Crippen LogP contribution in [0.2, 0.25) is 0 Å². The van der Waals surface area contributed by atoms with Crippen LogP contribution in [0, 0.1) is 5.92 Å². The Bertz CT molecular complexity index is 132. The Kier molecular flexibility index (Phi) is 3.08. The Balaban J connectivity index is 4.22. The van der Waals surface area contributed by atoms with E-state index in [2.05, 4.69) is 11.6 Å². The second kappa shape index (κ2) is 3.18. The smallest absolute Gasteiger partial charge is 0.281 e. The van der Waals surface area contributed by atoms with Crippen molar-refractivity contribution in [3.63, 3.8) is 0 Å². The predicted molar refractivity (Wildman–Crippen MR) is 26.4 cm³/mol. The fourth-order valence-corrected chi connectivity index (χ4v) is 0.459. The fraction of sp³-hybridized carbons (Fsp3) is 0.750. The summed E-state index contributed by atoms with van der Waals surface area (Å²) in [6, 6.07) is 0. The third kappa shape index (κ3) is 2.51. The number of hydrogen-bond acceptors (Lipinski definition) is 1. The van der Waals surface area contributed by atoms with Gasteiger partial charge in [-0.25, -0.2) is 4.39 Å². The first-order valence-corrected chi connectivity index (χ1v) is 2.59. The van der Waals surface area contributed by atoms with Crippen molar-refractivity contribution in [3.05, 3.63) is 0 Å². The molecule has 1 atom stereocenters. The minimum Gasteiger partial charge on any atom is -0.281 e. The highest BCUT2D eigenvalue weighted by molar-refractivity contribution is 6.64. The van der Waals surface area contributed by atoms with Crippen molar-refractivity contribution < 1.29 is 22.4 Å². The van der Waals surface area contributed by atoms with E-state index in [-0.39, 0.29) is 0 Å². The average molecular weight is 179 g/mol. The largest absolute Gasteiger partial charge is 0.402 e. The monoisotopic (exact) mass is 178 g/mol. The first kappa shape index (κ1) is 9.68. The Morgan fingerprint density at radius 1 is 1.50 bits per heavy atom. The van der Waals surface area contributed by atoms with Crippen LogP contribution in [0.4, 0.5) is 17.6 Å². The van der Waals surface area contributed by atoms with Crippen LogP contribution in [0.3, 0.4) is 0 Å². The van der Waals surface area contributed by atoms with Crippen molar-refractivity contribution in [2.24, 2.45) is 5.92 Å². The molecule has 6 heteroatoms. The topological polar surface area (TPSA) is 17.1 Å². The molecule has 0 saturated heterocycles. The second-order valence-electron chi connectivity index (χ2n) is 1.55. The van der Waals surface area contributed by atoms with Crippen LogP contribution in [0.1, 0.15) is 0 Å². The van der Waals surface area contributed by atoms with Crippen LogP contribution < -0.4 is 0 Å². The molecular formula is C4H3ClF4O. The van der Waals surface area contributed by atoms with E-state index in [9.17, 15) is 22.4 Å². The van der Waals surface area contributed by atoms with Crippen LogP contribution in [0.15, 0.2) is 0 Å². The van der Waals surface area contributed by atoms with Gasteiger partial charge in [0, 0.05) is 0 Å². The van der Waals surface area contributed by atoms with Gasteiger partial charge < -0.3 is 0 Å². The summed E-state index contributed by atoms with van der Waals surface area (Å²) in [6.45, 7) is -1.80. The molecule has 0 spiro atoms. The zero-order valence-corrected chi connectivity index (χ0v) is 5.34. The Morgan fingerprint density at radius 2 is 1.90 bits per heavy atom. The molecule has 0 aliphatic rings. The van der Waals surface area contributed by atoms with E-state index in [4.69, 9.17) is 0 Å². The summed E-state index contributed by atoms with van der Waals surface area (Å²) in [5.41, 5.74) is 0. The van der Waals surface area contributed by atoms with Crippen molar-refractivity contribution in [2.75, 3.05) is 6.67 Å². The van der Waals surface area contributed by atoms with E-state index in [1.54, 1.807) is 0 Å². The van der Waals surface area contributed by atoms with Gasteiger partial charge in [-0.05, 0) is 11.6 Å². The van der Waals surface area contributed by atoms with Gasteiger partial charge in [0.15, 0.2) is 5.92 Å². The molecule has 0 aliphatic heterocycles. The van der Waals surface area contributed by atoms with E-state index in [1.807, 2.05) is 0 Å². The summed E-state index contributed by atoms with van der Waals surface area (Å²) >= 11 is 4.43. The molecule has 0 N–H and O–H groups in total. The van der Waals surface area contributed by atoms with Gasteiger partial charge in [0.05, 0.1) is 0 Å². The normalized spacial score (nSPS) is 14.9. The number of halogens is 5. The molecule has 0 amide bonds. The zero-order valence-electron chi connectivity index (χ0n) is 4.58. The van der Waals surface area contributed by atoms with Crippen LogP contribution in [0.25, 0.3) is 0 Å². The van der Waals surface area contributed by atoms with Gasteiger partial charge >= 0.3 is 6.18 Å². The third-order valence-corrected chi connectivity index (χ3v) is 1.09. The van der Waals surface area contributed by atoms with E-state index in [0.717, 1.165) is 0 Å². The van der Waals surface area contributed by atoms with Crippen molar-refractivity contribution in [1.82, 2.24) is 0 Å². The van der Waals surface area contributed by atoms with Crippen LogP contribution >= 0.6 is 11.6 Å². The molecule has 0 heterocycles. The highest BCUT2D eigenvalue weighted by Gasteiger charge is 2.44. The SMILES string of the molecule is O=C(Cl)C(CF)C(F)(F)F. The van der Waals surface area contributed by atoms with Gasteiger partial charge in [0.2, 0.25) is 5.24 Å². The summed E-state index contributed by atoms with van der Waals surface area (Å²) in [7, 11) is 0. The quantitative estimate of drug-likeness (QED) is 0.466. The molecule has 60 valence electrons. The lowest BCUT2D eigenvalue weighted by Crippen LogP contribution is -2.29. The molecule has 0 rings (SSSR count). The molecule has 0 aromatic carbocycles. The maximum atomic E-state index is 11.4. The average Bonchev–Trinajstić information content (AvgIpc) is 1.60. The summed E-state index contributed by atoms with van der Waals surface area (Å²) in [4.78, 5) is 9.83. The van der Waals surface area contributed by atoms with Crippen LogP contribution in [-0.2, 0) is 4.79 Å². The number of hydrogen-bond donors (Lipinski definition) is 0. The van der Waals surface area contributed by atoms with Gasteiger partial charge in [-0.3, -0.25) is 4.79 Å². The standard InChI is InChI=1S/C4H3ClF4O/c5-3(10)2(1-6)4(7,8)9/h2H,1H2. The summed E-state index contributed by atoms with van der Waals surface area (Å²) < 4.78 is 45.7.